The maximum Gasteiger partial charge on any atom is 0.308 e. The molecular formula is C22H34N2O4. The number of aliphatic carboxylic acids is 1. The Morgan fingerprint density at radius 1 is 1.18 bits per heavy atom. The number of pyridine rings is 1. The molecule has 6 nitrogen and oxygen atoms in total. The molecule has 2 rings (SSSR count). The summed E-state index contributed by atoms with van der Waals surface area (Å²) in [6.45, 7) is 6.81. The van der Waals surface area contributed by atoms with Crippen LogP contribution in [0, 0.1) is 5.92 Å². The first-order chi connectivity index (χ1) is 13.4. The fraction of sp³-hybridized carbons (Fsp3) is 0.682. The van der Waals surface area contributed by atoms with Crippen LogP contribution in [0.2, 0.25) is 0 Å². The first-order valence-corrected chi connectivity index (χ1v) is 10.7. The summed E-state index contributed by atoms with van der Waals surface area (Å²) in [7, 11) is 0. The minimum absolute atomic E-state index is 0.141. The Bertz CT molecular complexity index is 754. The summed E-state index contributed by atoms with van der Waals surface area (Å²) in [4.78, 5) is 37.6. The van der Waals surface area contributed by atoms with Gasteiger partial charge in [0.2, 0.25) is 0 Å². The van der Waals surface area contributed by atoms with Gasteiger partial charge in [-0.05, 0) is 43.7 Å². The van der Waals surface area contributed by atoms with E-state index in [0.29, 0.717) is 19.4 Å². The molecule has 1 amide bonds. The summed E-state index contributed by atoms with van der Waals surface area (Å²) in [5.41, 5.74) is 1.94. The van der Waals surface area contributed by atoms with Gasteiger partial charge in [-0.25, -0.2) is 0 Å². The van der Waals surface area contributed by atoms with Crippen molar-refractivity contribution in [1.29, 1.82) is 0 Å². The normalized spacial score (nSPS) is 19.4. The Kier molecular flexibility index (Phi) is 8.27. The highest BCUT2D eigenvalue weighted by atomic mass is 16.4. The van der Waals surface area contributed by atoms with Crippen molar-refractivity contribution >= 4 is 11.9 Å². The molecule has 0 aliphatic heterocycles. The van der Waals surface area contributed by atoms with Crippen molar-refractivity contribution in [3.8, 4) is 0 Å². The Hall–Kier alpha value is -2.11. The van der Waals surface area contributed by atoms with Crippen LogP contribution in [0.5, 0.6) is 0 Å². The zero-order valence-electron chi connectivity index (χ0n) is 17.4. The molecule has 1 aliphatic carbocycles. The van der Waals surface area contributed by atoms with E-state index in [1.165, 1.54) is 0 Å². The average Bonchev–Trinajstić information content (AvgIpc) is 2.68. The summed E-state index contributed by atoms with van der Waals surface area (Å²) < 4.78 is 1.77. The van der Waals surface area contributed by atoms with Gasteiger partial charge in [0, 0.05) is 18.3 Å². The largest absolute Gasteiger partial charge is 0.481 e. The second kappa shape index (κ2) is 10.4. The summed E-state index contributed by atoms with van der Waals surface area (Å²) in [5, 5.41) is 12.3. The highest BCUT2D eigenvalue weighted by Crippen LogP contribution is 2.25. The molecule has 0 radical (unpaired) electrons. The zero-order chi connectivity index (χ0) is 20.7. The zero-order valence-corrected chi connectivity index (χ0v) is 17.4. The number of amides is 1. The molecule has 0 aromatic carbocycles. The van der Waals surface area contributed by atoms with Crippen LogP contribution in [0.1, 0.15) is 87.3 Å². The molecule has 0 saturated heterocycles. The van der Waals surface area contributed by atoms with Crippen LogP contribution in [0.25, 0.3) is 0 Å². The lowest BCUT2D eigenvalue weighted by molar-refractivity contribution is -0.143. The van der Waals surface area contributed by atoms with E-state index in [1.54, 1.807) is 10.6 Å². The smallest absolute Gasteiger partial charge is 0.308 e. The van der Waals surface area contributed by atoms with Crippen LogP contribution >= 0.6 is 0 Å². The second-order valence-electron chi connectivity index (χ2n) is 7.75. The quantitative estimate of drug-likeness (QED) is 0.675. The molecule has 1 aromatic heterocycles. The number of carbonyl (C=O) groups is 2. The number of hydrogen-bond donors (Lipinski definition) is 2. The van der Waals surface area contributed by atoms with E-state index in [0.717, 1.165) is 56.2 Å². The fourth-order valence-electron chi connectivity index (χ4n) is 4.16. The van der Waals surface area contributed by atoms with Crippen LogP contribution in [-0.4, -0.2) is 27.6 Å². The molecule has 0 bridgehead atoms. The number of aryl methyl sites for hydroxylation is 1. The third-order valence-electron chi connectivity index (χ3n) is 5.74. The maximum atomic E-state index is 13.1. The van der Waals surface area contributed by atoms with Gasteiger partial charge in [-0.15, -0.1) is 0 Å². The molecule has 1 saturated carbocycles. The molecule has 28 heavy (non-hydrogen) atoms. The van der Waals surface area contributed by atoms with Crippen molar-refractivity contribution in [2.24, 2.45) is 5.92 Å². The van der Waals surface area contributed by atoms with E-state index >= 15 is 0 Å². The molecule has 1 aliphatic rings. The number of nitrogens with one attached hydrogen (secondary N) is 1. The Balaban J connectivity index is 2.39. The van der Waals surface area contributed by atoms with E-state index in [4.69, 9.17) is 0 Å². The molecule has 2 N–H and O–H groups in total. The number of carboxylic acids is 1. The Morgan fingerprint density at radius 3 is 2.50 bits per heavy atom. The topological polar surface area (TPSA) is 88.4 Å². The fourth-order valence-corrected chi connectivity index (χ4v) is 4.16. The molecule has 2 atom stereocenters. The number of unbranched alkanes of at least 4 members (excludes halogenated alkanes) is 1. The second-order valence-corrected chi connectivity index (χ2v) is 7.75. The van der Waals surface area contributed by atoms with Crippen molar-refractivity contribution in [2.45, 2.75) is 91.1 Å². The minimum Gasteiger partial charge on any atom is -0.481 e. The Labute approximate surface area is 167 Å². The highest BCUT2D eigenvalue weighted by Gasteiger charge is 2.32. The lowest BCUT2D eigenvalue weighted by Crippen LogP contribution is -2.46. The number of aromatic nitrogens is 1. The van der Waals surface area contributed by atoms with E-state index in [1.807, 2.05) is 6.92 Å². The highest BCUT2D eigenvalue weighted by molar-refractivity contribution is 5.94. The number of carbonyl (C=O) groups excluding carboxylic acids is 1. The van der Waals surface area contributed by atoms with Crippen molar-refractivity contribution in [3.63, 3.8) is 0 Å². The van der Waals surface area contributed by atoms with Crippen molar-refractivity contribution in [1.82, 2.24) is 9.88 Å². The van der Waals surface area contributed by atoms with Gasteiger partial charge in [-0.2, -0.15) is 0 Å². The monoisotopic (exact) mass is 390 g/mol. The molecule has 0 spiro atoms. The van der Waals surface area contributed by atoms with Gasteiger partial charge in [0.25, 0.3) is 11.5 Å². The third kappa shape index (κ3) is 5.03. The van der Waals surface area contributed by atoms with Crippen LogP contribution in [-0.2, 0) is 24.2 Å². The number of rotatable bonds is 9. The first kappa shape index (κ1) is 22.2. The summed E-state index contributed by atoms with van der Waals surface area (Å²) in [5.74, 6) is -1.89. The van der Waals surface area contributed by atoms with E-state index < -0.39 is 23.8 Å². The lowest BCUT2D eigenvalue weighted by Gasteiger charge is -2.29. The number of nitrogens with zero attached hydrogens (tertiary/aromatic N) is 1. The summed E-state index contributed by atoms with van der Waals surface area (Å²) in [6.07, 6.45) is 7.32. The molecule has 156 valence electrons. The predicted octanol–water partition coefficient (Wildman–Crippen LogP) is 3.54. The summed E-state index contributed by atoms with van der Waals surface area (Å²) >= 11 is 0. The molecule has 1 fully saturated rings. The van der Waals surface area contributed by atoms with Crippen molar-refractivity contribution in [3.05, 3.63) is 33.2 Å². The van der Waals surface area contributed by atoms with Crippen LogP contribution in [0.4, 0.5) is 0 Å². The van der Waals surface area contributed by atoms with Gasteiger partial charge in [0.15, 0.2) is 0 Å². The van der Waals surface area contributed by atoms with Gasteiger partial charge < -0.3 is 15.0 Å². The standard InChI is InChI=1S/C22H34N2O4/c1-4-7-13-24-19(10-5-2)15(6-3)14-17(21(24)26)20(25)23-18-12-9-8-11-16(18)22(27)28/h14,16,18H,4-13H2,1-3H3,(H,23,25)(H,27,28)/t16-,18+/m1/s1. The number of hydrogen-bond acceptors (Lipinski definition) is 3. The predicted molar refractivity (Wildman–Crippen MR) is 110 cm³/mol. The van der Waals surface area contributed by atoms with E-state index in [9.17, 15) is 19.5 Å². The average molecular weight is 391 g/mol. The van der Waals surface area contributed by atoms with Gasteiger partial charge in [-0.1, -0.05) is 46.5 Å². The maximum absolute atomic E-state index is 13.1. The minimum atomic E-state index is -0.877. The molecule has 6 heteroatoms. The van der Waals surface area contributed by atoms with Crippen molar-refractivity contribution < 1.29 is 14.7 Å². The molecule has 1 heterocycles. The van der Waals surface area contributed by atoms with Gasteiger partial charge in [-0.3, -0.25) is 14.4 Å². The van der Waals surface area contributed by atoms with Crippen LogP contribution in [0.15, 0.2) is 10.9 Å². The molecule has 1 aromatic rings. The number of carboxylic acid groups (broad SMARTS) is 1. The van der Waals surface area contributed by atoms with E-state index in [-0.39, 0.29) is 11.1 Å². The Morgan fingerprint density at radius 2 is 1.89 bits per heavy atom. The van der Waals surface area contributed by atoms with Gasteiger partial charge in [0.05, 0.1) is 5.92 Å². The lowest BCUT2D eigenvalue weighted by atomic mass is 9.84. The van der Waals surface area contributed by atoms with Crippen molar-refractivity contribution in [2.75, 3.05) is 0 Å². The molecule has 0 unspecified atom stereocenters. The van der Waals surface area contributed by atoms with Crippen LogP contribution in [0.3, 0.4) is 0 Å². The van der Waals surface area contributed by atoms with Gasteiger partial charge >= 0.3 is 5.97 Å². The summed E-state index contributed by atoms with van der Waals surface area (Å²) in [6, 6.07) is 1.31. The molecular weight excluding hydrogens is 356 g/mol. The van der Waals surface area contributed by atoms with E-state index in [2.05, 4.69) is 19.2 Å². The SMILES string of the molecule is CCCCn1c(CCC)c(CC)cc(C(=O)N[C@H]2CCCC[C@H]2C(=O)O)c1=O. The van der Waals surface area contributed by atoms with Gasteiger partial charge in [0.1, 0.15) is 5.56 Å². The first-order valence-electron chi connectivity index (χ1n) is 10.7. The third-order valence-corrected chi connectivity index (χ3v) is 5.74. The van der Waals surface area contributed by atoms with Crippen LogP contribution < -0.4 is 10.9 Å².